The molecule has 1 aromatic carbocycles. The van der Waals surface area contributed by atoms with Crippen molar-refractivity contribution in [2.24, 2.45) is 10.2 Å². The summed E-state index contributed by atoms with van der Waals surface area (Å²) < 4.78 is 0. The molecule has 7 heteroatoms. The number of benzene rings is 1. The lowest BCUT2D eigenvalue weighted by Crippen LogP contribution is -1.91. The molecule has 88 valence electrons. The highest BCUT2D eigenvalue weighted by Crippen LogP contribution is 2.18. The zero-order valence-corrected chi connectivity index (χ0v) is 8.90. The highest BCUT2D eigenvalue weighted by atomic mass is 16.6. The molecule has 0 unspecified atom stereocenters. The Morgan fingerprint density at radius 2 is 2.00 bits per heavy atom. The fourth-order valence-electron chi connectivity index (χ4n) is 0.940. The summed E-state index contributed by atoms with van der Waals surface area (Å²) in [5.74, 6) is -0.432. The zero-order chi connectivity index (χ0) is 12.8. The number of rotatable bonds is 4. The number of nitro benzene ring substituents is 1. The van der Waals surface area contributed by atoms with Crippen molar-refractivity contribution in [3.05, 3.63) is 46.3 Å². The first-order valence-corrected chi connectivity index (χ1v) is 4.56. The van der Waals surface area contributed by atoms with Gasteiger partial charge in [0.15, 0.2) is 11.5 Å². The normalized spacial score (nSPS) is 11.7. The number of aliphatic hydroxyl groups excluding tert-OH is 1. The molecule has 0 saturated carbocycles. The standard InChI is InChI=1S/C10H9N3O4/c1-7(15)10(6-14)12-11-8-2-4-9(5-3-8)13(16)17/h2-6,14H,1H3/b10-6+,12-11?. The number of allylic oxidation sites excluding steroid dienone is 1. The van der Waals surface area contributed by atoms with Gasteiger partial charge in [0.05, 0.1) is 10.6 Å². The van der Waals surface area contributed by atoms with Gasteiger partial charge < -0.3 is 5.11 Å². The summed E-state index contributed by atoms with van der Waals surface area (Å²) in [4.78, 5) is 20.7. The second-order valence-corrected chi connectivity index (χ2v) is 3.04. The number of carbonyl (C=O) groups is 1. The van der Waals surface area contributed by atoms with Crippen molar-refractivity contribution in [1.82, 2.24) is 0 Å². The Balaban J connectivity index is 2.86. The van der Waals surface area contributed by atoms with Crippen LogP contribution >= 0.6 is 0 Å². The number of nitrogens with zero attached hydrogens (tertiary/aromatic N) is 3. The first-order chi connectivity index (χ1) is 8.04. The zero-order valence-electron chi connectivity index (χ0n) is 8.90. The van der Waals surface area contributed by atoms with Gasteiger partial charge in [-0.15, -0.1) is 5.11 Å². The lowest BCUT2D eigenvalue weighted by molar-refractivity contribution is -0.384. The number of aliphatic hydroxyl groups is 1. The molecule has 1 rings (SSSR count). The van der Waals surface area contributed by atoms with E-state index in [-0.39, 0.29) is 11.4 Å². The summed E-state index contributed by atoms with van der Waals surface area (Å²) in [7, 11) is 0. The summed E-state index contributed by atoms with van der Waals surface area (Å²) in [6.07, 6.45) is 0.553. The van der Waals surface area contributed by atoms with E-state index in [2.05, 4.69) is 10.2 Å². The molecular weight excluding hydrogens is 226 g/mol. The Morgan fingerprint density at radius 3 is 2.41 bits per heavy atom. The molecule has 0 aromatic heterocycles. The maximum Gasteiger partial charge on any atom is 0.269 e. The van der Waals surface area contributed by atoms with Gasteiger partial charge in [-0.1, -0.05) is 0 Å². The molecule has 0 aliphatic rings. The number of ketones is 1. The largest absolute Gasteiger partial charge is 0.513 e. The summed E-state index contributed by atoms with van der Waals surface area (Å²) in [6, 6.07) is 5.31. The van der Waals surface area contributed by atoms with Crippen molar-refractivity contribution >= 4 is 17.2 Å². The molecule has 0 aliphatic heterocycles. The third-order valence-electron chi connectivity index (χ3n) is 1.82. The minimum Gasteiger partial charge on any atom is -0.513 e. The molecule has 0 bridgehead atoms. The SMILES string of the molecule is CC(=O)/C(=C\O)N=Nc1ccc([N+](=O)[O-])cc1. The van der Waals surface area contributed by atoms with Gasteiger partial charge in [0, 0.05) is 19.1 Å². The Kier molecular flexibility index (Phi) is 4.04. The van der Waals surface area contributed by atoms with E-state index in [1.165, 1.54) is 31.2 Å². The molecule has 0 spiro atoms. The van der Waals surface area contributed by atoms with Crippen LogP contribution in [-0.2, 0) is 4.79 Å². The Hall–Kier alpha value is -2.57. The molecule has 0 amide bonds. The topological polar surface area (TPSA) is 105 Å². The molecule has 1 N–H and O–H groups in total. The van der Waals surface area contributed by atoms with Crippen LogP contribution in [0.25, 0.3) is 0 Å². The number of nitro groups is 1. The second-order valence-electron chi connectivity index (χ2n) is 3.04. The van der Waals surface area contributed by atoms with Gasteiger partial charge in [-0.25, -0.2) is 0 Å². The van der Waals surface area contributed by atoms with E-state index in [4.69, 9.17) is 5.11 Å². The van der Waals surface area contributed by atoms with E-state index in [1.54, 1.807) is 0 Å². The van der Waals surface area contributed by atoms with E-state index in [1.807, 2.05) is 0 Å². The van der Waals surface area contributed by atoms with Crippen LogP contribution in [-0.4, -0.2) is 15.8 Å². The number of azo groups is 1. The molecule has 0 saturated heterocycles. The van der Waals surface area contributed by atoms with Crippen LogP contribution in [0.2, 0.25) is 0 Å². The number of Topliss-reactive ketones (excluding diaryl/α,β-unsaturated/α-hetero) is 1. The van der Waals surface area contributed by atoms with Gasteiger partial charge in [-0.2, -0.15) is 5.11 Å². The monoisotopic (exact) mass is 235 g/mol. The minimum absolute atomic E-state index is 0.0616. The lowest BCUT2D eigenvalue weighted by Gasteiger charge is -1.93. The van der Waals surface area contributed by atoms with Crippen molar-refractivity contribution in [1.29, 1.82) is 0 Å². The smallest absolute Gasteiger partial charge is 0.269 e. The van der Waals surface area contributed by atoms with Gasteiger partial charge in [-0.05, 0) is 12.1 Å². The average Bonchev–Trinajstić information content (AvgIpc) is 2.30. The molecular formula is C10H9N3O4. The molecule has 7 nitrogen and oxygen atoms in total. The molecule has 0 atom stereocenters. The predicted octanol–water partition coefficient (Wildman–Crippen LogP) is 2.67. The molecule has 17 heavy (non-hydrogen) atoms. The summed E-state index contributed by atoms with van der Waals surface area (Å²) in [6.45, 7) is 1.23. The molecule has 1 aromatic rings. The van der Waals surface area contributed by atoms with E-state index in [0.717, 1.165) is 0 Å². The fourth-order valence-corrected chi connectivity index (χ4v) is 0.940. The lowest BCUT2D eigenvalue weighted by atomic mass is 10.3. The van der Waals surface area contributed by atoms with Gasteiger partial charge in [0.25, 0.3) is 5.69 Å². The first kappa shape index (κ1) is 12.5. The Morgan fingerprint density at radius 1 is 1.41 bits per heavy atom. The van der Waals surface area contributed by atoms with E-state index in [0.29, 0.717) is 11.9 Å². The maximum absolute atomic E-state index is 10.9. The number of non-ortho nitro benzene ring substituents is 1. The van der Waals surface area contributed by atoms with E-state index < -0.39 is 10.7 Å². The van der Waals surface area contributed by atoms with Gasteiger partial charge in [0.2, 0.25) is 0 Å². The number of carbonyl (C=O) groups excluding carboxylic acids is 1. The molecule has 0 aliphatic carbocycles. The maximum atomic E-state index is 10.9. The van der Waals surface area contributed by atoms with Crippen molar-refractivity contribution in [2.45, 2.75) is 6.92 Å². The van der Waals surface area contributed by atoms with E-state index in [9.17, 15) is 14.9 Å². The van der Waals surface area contributed by atoms with Crippen LogP contribution in [0, 0.1) is 10.1 Å². The van der Waals surface area contributed by atoms with Gasteiger partial charge in [0.1, 0.15) is 6.26 Å². The van der Waals surface area contributed by atoms with Gasteiger partial charge in [-0.3, -0.25) is 14.9 Å². The van der Waals surface area contributed by atoms with Crippen LogP contribution in [0.1, 0.15) is 6.92 Å². The predicted molar refractivity (Wildman–Crippen MR) is 59.0 cm³/mol. The van der Waals surface area contributed by atoms with Crippen molar-refractivity contribution in [2.75, 3.05) is 0 Å². The Labute approximate surface area is 96.3 Å². The highest BCUT2D eigenvalue weighted by molar-refractivity contribution is 5.92. The number of hydrogen-bond donors (Lipinski definition) is 1. The van der Waals surface area contributed by atoms with Crippen molar-refractivity contribution in [3.63, 3.8) is 0 Å². The van der Waals surface area contributed by atoms with Gasteiger partial charge >= 0.3 is 0 Å². The first-order valence-electron chi connectivity index (χ1n) is 4.56. The third-order valence-corrected chi connectivity index (χ3v) is 1.82. The van der Waals surface area contributed by atoms with Crippen LogP contribution in [0.5, 0.6) is 0 Å². The Bertz CT molecular complexity index is 491. The fraction of sp³-hybridized carbons (Fsp3) is 0.100. The second kappa shape index (κ2) is 5.50. The highest BCUT2D eigenvalue weighted by Gasteiger charge is 2.04. The van der Waals surface area contributed by atoms with Crippen LogP contribution < -0.4 is 0 Å². The average molecular weight is 235 g/mol. The van der Waals surface area contributed by atoms with Crippen LogP contribution in [0.4, 0.5) is 11.4 Å². The van der Waals surface area contributed by atoms with Crippen LogP contribution in [0.3, 0.4) is 0 Å². The molecule has 0 fully saturated rings. The quantitative estimate of drug-likeness (QED) is 0.284. The van der Waals surface area contributed by atoms with Crippen molar-refractivity contribution in [3.8, 4) is 0 Å². The van der Waals surface area contributed by atoms with Crippen molar-refractivity contribution < 1.29 is 14.8 Å². The molecule has 0 heterocycles. The summed E-state index contributed by atoms with van der Waals surface area (Å²) in [5, 5.41) is 26.2. The third kappa shape index (κ3) is 3.49. The summed E-state index contributed by atoms with van der Waals surface area (Å²) >= 11 is 0. The number of hydrogen-bond acceptors (Lipinski definition) is 6. The van der Waals surface area contributed by atoms with E-state index >= 15 is 0 Å². The molecule has 0 radical (unpaired) electrons. The van der Waals surface area contributed by atoms with Crippen LogP contribution in [0.15, 0.2) is 46.5 Å². The summed E-state index contributed by atoms with van der Waals surface area (Å²) in [5.41, 5.74) is 0.0907. The minimum atomic E-state index is -0.532.